The zero-order chi connectivity index (χ0) is 24.6. The molecule has 2 aliphatic heterocycles. The number of carbonyl (C=O) groups is 1. The lowest BCUT2D eigenvalue weighted by atomic mass is 9.99. The van der Waals surface area contributed by atoms with Gasteiger partial charge in [-0.15, -0.1) is 17.9 Å². The first kappa shape index (κ1) is 23.8. The number of aryl methyl sites for hydroxylation is 1. The molecule has 0 aliphatic carbocycles. The van der Waals surface area contributed by atoms with Crippen molar-refractivity contribution in [2.45, 2.75) is 36.6 Å². The maximum atomic E-state index is 13.6. The van der Waals surface area contributed by atoms with Gasteiger partial charge >= 0.3 is 0 Å². The number of amides is 1. The van der Waals surface area contributed by atoms with Gasteiger partial charge in [0.2, 0.25) is 5.91 Å². The molecular weight excluding hydrogens is 504 g/mol. The molecule has 1 unspecified atom stereocenters. The summed E-state index contributed by atoms with van der Waals surface area (Å²) in [6.45, 7) is 5.20. The van der Waals surface area contributed by atoms with Crippen molar-refractivity contribution >= 4 is 55.4 Å². The average molecular weight is 529 g/mol. The number of hydrogen-bond acceptors (Lipinski definition) is 6. The minimum atomic E-state index is -3.80. The molecule has 2 aliphatic rings. The van der Waals surface area contributed by atoms with Crippen LogP contribution in [0.2, 0.25) is 5.02 Å². The molecule has 2 aromatic carbocycles. The molecule has 35 heavy (non-hydrogen) atoms. The number of halogens is 1. The molecule has 3 aromatic rings. The van der Waals surface area contributed by atoms with E-state index < -0.39 is 10.0 Å². The first-order chi connectivity index (χ1) is 16.9. The Hall–Kier alpha value is -2.88. The molecule has 1 fully saturated rings. The third kappa shape index (κ3) is 4.68. The highest BCUT2D eigenvalue weighted by Crippen LogP contribution is 2.36. The number of allylic oxidation sites excluding steroid dienone is 1. The van der Waals surface area contributed by atoms with E-state index in [1.165, 1.54) is 23.0 Å². The highest BCUT2D eigenvalue weighted by atomic mass is 35.5. The van der Waals surface area contributed by atoms with Gasteiger partial charge in [0.15, 0.2) is 5.13 Å². The molecule has 3 heterocycles. The Bertz CT molecular complexity index is 1380. The Kier molecular flexibility index (Phi) is 6.57. The van der Waals surface area contributed by atoms with Crippen LogP contribution in [0.15, 0.2) is 65.5 Å². The van der Waals surface area contributed by atoms with Gasteiger partial charge in [0, 0.05) is 41.1 Å². The highest BCUT2D eigenvalue weighted by Gasteiger charge is 2.39. The number of fused-ring (bicyclic) bond motifs is 1. The fourth-order valence-corrected chi connectivity index (χ4v) is 6.90. The Labute approximate surface area is 214 Å². The minimum absolute atomic E-state index is 0.0228. The fraction of sp³-hybridized carbons (Fsp3) is 0.280. The third-order valence-corrected chi connectivity index (χ3v) is 8.81. The maximum Gasteiger partial charge on any atom is 0.263 e. The zero-order valence-electron chi connectivity index (χ0n) is 19.0. The van der Waals surface area contributed by atoms with Crippen LogP contribution in [0.25, 0.3) is 0 Å². The molecule has 0 bridgehead atoms. The Morgan fingerprint density at radius 3 is 2.80 bits per heavy atom. The smallest absolute Gasteiger partial charge is 0.263 e. The van der Waals surface area contributed by atoms with E-state index in [0.717, 1.165) is 36.3 Å². The number of sulfonamides is 1. The van der Waals surface area contributed by atoms with Gasteiger partial charge in [-0.05, 0) is 73.2 Å². The SMILES string of the molecule is C=CCc1cc(S(=O)(=O)Nc2nccs2)ccc1N1CCC(N2CCCc3cc(Cl)ccc32)C1=O. The van der Waals surface area contributed by atoms with Crippen molar-refractivity contribution in [1.82, 2.24) is 4.98 Å². The van der Waals surface area contributed by atoms with E-state index in [1.807, 2.05) is 18.2 Å². The van der Waals surface area contributed by atoms with Crippen molar-refractivity contribution in [1.29, 1.82) is 0 Å². The summed E-state index contributed by atoms with van der Waals surface area (Å²) in [5.74, 6) is 0.0228. The van der Waals surface area contributed by atoms with Gasteiger partial charge in [-0.1, -0.05) is 17.7 Å². The second-order valence-electron chi connectivity index (χ2n) is 8.59. The number of carbonyl (C=O) groups excluding carboxylic acids is 1. The molecule has 1 amide bonds. The highest BCUT2D eigenvalue weighted by molar-refractivity contribution is 7.93. The van der Waals surface area contributed by atoms with E-state index in [-0.39, 0.29) is 16.8 Å². The van der Waals surface area contributed by atoms with Crippen LogP contribution in [0.5, 0.6) is 0 Å². The molecule has 5 rings (SSSR count). The third-order valence-electron chi connectivity index (χ3n) is 6.42. The summed E-state index contributed by atoms with van der Waals surface area (Å²) in [6, 6.07) is 10.5. The lowest BCUT2D eigenvalue weighted by molar-refractivity contribution is -0.118. The second kappa shape index (κ2) is 9.64. The largest absolute Gasteiger partial charge is 0.359 e. The van der Waals surface area contributed by atoms with Crippen LogP contribution >= 0.6 is 22.9 Å². The van der Waals surface area contributed by atoms with Crippen molar-refractivity contribution in [2.75, 3.05) is 27.6 Å². The summed E-state index contributed by atoms with van der Waals surface area (Å²) in [5, 5.41) is 2.72. The lowest BCUT2D eigenvalue weighted by Gasteiger charge is -2.35. The molecular formula is C25H25ClN4O3S2. The molecule has 1 saturated heterocycles. The number of nitrogens with zero attached hydrogens (tertiary/aromatic N) is 3. The van der Waals surface area contributed by atoms with E-state index in [4.69, 9.17) is 11.6 Å². The first-order valence-electron chi connectivity index (χ1n) is 11.4. The second-order valence-corrected chi connectivity index (χ2v) is 11.6. The normalized spacial score (nSPS) is 18.0. The van der Waals surface area contributed by atoms with Crippen molar-refractivity contribution in [3.05, 3.63) is 76.8 Å². The number of anilines is 3. The molecule has 1 N–H and O–H groups in total. The molecule has 0 saturated carbocycles. The van der Waals surface area contributed by atoms with Crippen LogP contribution in [0, 0.1) is 0 Å². The van der Waals surface area contributed by atoms with E-state index in [2.05, 4.69) is 21.2 Å². The molecule has 1 atom stereocenters. The summed E-state index contributed by atoms with van der Waals surface area (Å²) in [4.78, 5) is 21.7. The van der Waals surface area contributed by atoms with Crippen LogP contribution in [-0.2, 0) is 27.7 Å². The lowest BCUT2D eigenvalue weighted by Crippen LogP contribution is -2.44. The van der Waals surface area contributed by atoms with Crippen LogP contribution in [0.3, 0.4) is 0 Å². The van der Waals surface area contributed by atoms with Crippen molar-refractivity contribution < 1.29 is 13.2 Å². The number of benzene rings is 2. The Balaban J connectivity index is 1.42. The summed E-state index contributed by atoms with van der Waals surface area (Å²) < 4.78 is 28.3. The van der Waals surface area contributed by atoms with E-state index >= 15 is 0 Å². The number of rotatable bonds is 7. The van der Waals surface area contributed by atoms with Crippen LogP contribution in [-0.4, -0.2) is 38.4 Å². The van der Waals surface area contributed by atoms with Gasteiger partial charge in [-0.25, -0.2) is 13.4 Å². The molecule has 7 nitrogen and oxygen atoms in total. The van der Waals surface area contributed by atoms with Gasteiger partial charge in [-0.3, -0.25) is 9.52 Å². The summed E-state index contributed by atoms with van der Waals surface area (Å²) in [6.07, 6.45) is 6.31. The van der Waals surface area contributed by atoms with E-state index in [9.17, 15) is 13.2 Å². The summed E-state index contributed by atoms with van der Waals surface area (Å²) >= 11 is 7.41. The summed E-state index contributed by atoms with van der Waals surface area (Å²) in [7, 11) is -3.80. The predicted octanol–water partition coefficient (Wildman–Crippen LogP) is 4.88. The Morgan fingerprint density at radius 2 is 2.03 bits per heavy atom. The number of nitrogens with one attached hydrogen (secondary N) is 1. The van der Waals surface area contributed by atoms with Crippen LogP contribution < -0.4 is 14.5 Å². The van der Waals surface area contributed by atoms with Crippen LogP contribution in [0.1, 0.15) is 24.0 Å². The number of thiazole rings is 1. The van der Waals surface area contributed by atoms with Gasteiger partial charge in [0.05, 0.1) is 4.90 Å². The predicted molar refractivity (Wildman–Crippen MR) is 141 cm³/mol. The number of aromatic nitrogens is 1. The molecule has 1 aromatic heterocycles. The van der Waals surface area contributed by atoms with Crippen molar-refractivity contribution in [2.24, 2.45) is 0 Å². The number of hydrogen-bond donors (Lipinski definition) is 1. The monoisotopic (exact) mass is 528 g/mol. The standard InChI is InChI=1S/C25H25ClN4O3S2/c1-2-4-17-16-20(35(32,33)28-25-27-11-14-34-25)7-9-22(17)30-13-10-23(24(30)31)29-12-3-5-18-15-19(26)6-8-21(18)29/h2,6-9,11,14-16,23H,1,3-5,10,12-13H2,(H,27,28). The quantitative estimate of drug-likeness (QED) is 0.442. The topological polar surface area (TPSA) is 82.6 Å². The molecule has 0 radical (unpaired) electrons. The minimum Gasteiger partial charge on any atom is -0.359 e. The van der Waals surface area contributed by atoms with Gasteiger partial charge in [0.1, 0.15) is 6.04 Å². The van der Waals surface area contributed by atoms with Gasteiger partial charge in [-0.2, -0.15) is 0 Å². The van der Waals surface area contributed by atoms with Gasteiger partial charge in [0.25, 0.3) is 10.0 Å². The summed E-state index contributed by atoms with van der Waals surface area (Å²) in [5.41, 5.74) is 3.70. The average Bonchev–Trinajstić information content (AvgIpc) is 3.48. The van der Waals surface area contributed by atoms with E-state index in [1.54, 1.807) is 34.7 Å². The van der Waals surface area contributed by atoms with E-state index in [0.29, 0.717) is 29.5 Å². The molecule has 0 spiro atoms. The van der Waals surface area contributed by atoms with Crippen molar-refractivity contribution in [3.63, 3.8) is 0 Å². The molecule has 182 valence electrons. The Morgan fingerprint density at radius 1 is 1.20 bits per heavy atom. The maximum absolute atomic E-state index is 13.6. The molecule has 10 heteroatoms. The van der Waals surface area contributed by atoms with Crippen molar-refractivity contribution in [3.8, 4) is 0 Å². The van der Waals surface area contributed by atoms with Crippen LogP contribution in [0.4, 0.5) is 16.5 Å². The fourth-order valence-electron chi connectivity index (χ4n) is 4.87. The van der Waals surface area contributed by atoms with Gasteiger partial charge < -0.3 is 9.80 Å². The zero-order valence-corrected chi connectivity index (χ0v) is 21.4. The first-order valence-corrected chi connectivity index (χ1v) is 14.1.